The summed E-state index contributed by atoms with van der Waals surface area (Å²) in [6.45, 7) is 2.56. The number of carbonyl (C=O) groups is 2. The van der Waals surface area contributed by atoms with E-state index in [1.807, 2.05) is 18.2 Å². The van der Waals surface area contributed by atoms with Crippen molar-refractivity contribution in [1.29, 1.82) is 0 Å². The first-order valence-corrected chi connectivity index (χ1v) is 8.42. The lowest BCUT2D eigenvalue weighted by atomic mass is 10.1. The largest absolute Gasteiger partial charge is 0.496 e. The van der Waals surface area contributed by atoms with Gasteiger partial charge in [0.15, 0.2) is 0 Å². The minimum atomic E-state index is -0.581. The van der Waals surface area contributed by atoms with Crippen molar-refractivity contribution in [3.05, 3.63) is 59.1 Å². The molecule has 1 aliphatic heterocycles. The first kappa shape index (κ1) is 17.3. The van der Waals surface area contributed by atoms with Crippen molar-refractivity contribution in [3.63, 3.8) is 0 Å². The molecule has 0 aliphatic carbocycles. The molecule has 3 rings (SSSR count). The Labute approximate surface area is 151 Å². The van der Waals surface area contributed by atoms with E-state index in [1.165, 1.54) is 7.11 Å². The van der Waals surface area contributed by atoms with E-state index in [0.29, 0.717) is 35.1 Å². The Morgan fingerprint density at radius 3 is 2.52 bits per heavy atom. The van der Waals surface area contributed by atoms with E-state index in [1.54, 1.807) is 47.1 Å². The third-order valence-electron chi connectivity index (χ3n) is 4.40. The van der Waals surface area contributed by atoms with Gasteiger partial charge in [0.1, 0.15) is 11.8 Å². The molecule has 0 aromatic heterocycles. The molecule has 1 atom stereocenters. The predicted molar refractivity (Wildman–Crippen MR) is 97.3 cm³/mol. The van der Waals surface area contributed by atoms with Gasteiger partial charge in [-0.3, -0.25) is 9.59 Å². The third-order valence-corrected chi connectivity index (χ3v) is 4.72. The van der Waals surface area contributed by atoms with Crippen molar-refractivity contribution < 1.29 is 14.3 Å². The second kappa shape index (κ2) is 7.15. The van der Waals surface area contributed by atoms with Gasteiger partial charge in [-0.2, -0.15) is 0 Å². The molecule has 1 unspecified atom stereocenters. The zero-order valence-electron chi connectivity index (χ0n) is 14.1. The molecule has 0 N–H and O–H groups in total. The molecule has 2 aromatic carbocycles. The van der Waals surface area contributed by atoms with Crippen LogP contribution in [0.25, 0.3) is 0 Å². The van der Waals surface area contributed by atoms with Crippen molar-refractivity contribution in [2.75, 3.05) is 25.1 Å². The van der Waals surface area contributed by atoms with E-state index in [0.717, 1.165) is 0 Å². The molecule has 2 amide bonds. The number of ether oxygens (including phenoxy) is 1. The smallest absolute Gasteiger partial charge is 0.258 e. The van der Waals surface area contributed by atoms with Gasteiger partial charge in [0, 0.05) is 13.1 Å². The zero-order valence-corrected chi connectivity index (χ0v) is 14.9. The number of piperazine rings is 1. The quantitative estimate of drug-likeness (QED) is 0.846. The van der Waals surface area contributed by atoms with Gasteiger partial charge in [-0.05, 0) is 31.2 Å². The highest BCUT2D eigenvalue weighted by Crippen LogP contribution is 2.29. The molecule has 5 nitrogen and oxygen atoms in total. The monoisotopic (exact) mass is 358 g/mol. The fourth-order valence-electron chi connectivity index (χ4n) is 3.03. The predicted octanol–water partition coefficient (Wildman–Crippen LogP) is 3.23. The number of nitrogens with zero attached hydrogens (tertiary/aromatic N) is 2. The summed E-state index contributed by atoms with van der Waals surface area (Å²) in [4.78, 5) is 28.9. The van der Waals surface area contributed by atoms with Crippen LogP contribution in [0, 0.1) is 0 Å². The normalized spacial score (nSPS) is 17.6. The number of rotatable bonds is 3. The van der Waals surface area contributed by atoms with Gasteiger partial charge < -0.3 is 14.5 Å². The Morgan fingerprint density at radius 1 is 1.12 bits per heavy atom. The molecule has 0 bridgehead atoms. The molecule has 6 heteroatoms. The van der Waals surface area contributed by atoms with Crippen molar-refractivity contribution >= 4 is 29.1 Å². The lowest BCUT2D eigenvalue weighted by Gasteiger charge is -2.39. The molecule has 1 aliphatic rings. The van der Waals surface area contributed by atoms with Crippen LogP contribution in [0.3, 0.4) is 0 Å². The van der Waals surface area contributed by atoms with Crippen LogP contribution in [0.15, 0.2) is 48.5 Å². The molecule has 1 fully saturated rings. The third kappa shape index (κ3) is 3.20. The summed E-state index contributed by atoms with van der Waals surface area (Å²) in [5, 5.41) is 0.521. The Hall–Kier alpha value is -2.53. The van der Waals surface area contributed by atoms with Crippen LogP contribution < -0.4 is 9.64 Å². The van der Waals surface area contributed by atoms with Crippen LogP contribution >= 0.6 is 11.6 Å². The van der Waals surface area contributed by atoms with Crippen molar-refractivity contribution in [2.24, 2.45) is 0 Å². The summed E-state index contributed by atoms with van der Waals surface area (Å²) in [6, 6.07) is 13.7. The Kier molecular flexibility index (Phi) is 4.95. The molecule has 2 aromatic rings. The maximum atomic E-state index is 12.9. The summed E-state index contributed by atoms with van der Waals surface area (Å²) < 4.78 is 5.27. The number of para-hydroxylation sites is 2. The van der Waals surface area contributed by atoms with Gasteiger partial charge in [0.25, 0.3) is 5.91 Å². The minimum absolute atomic E-state index is 0.150. The number of hydrogen-bond acceptors (Lipinski definition) is 3. The number of benzene rings is 2. The molecule has 1 saturated heterocycles. The lowest BCUT2D eigenvalue weighted by Crippen LogP contribution is -2.57. The van der Waals surface area contributed by atoms with E-state index in [2.05, 4.69) is 0 Å². The van der Waals surface area contributed by atoms with Crippen LogP contribution in [0.1, 0.15) is 17.3 Å². The van der Waals surface area contributed by atoms with Crippen LogP contribution in [0.5, 0.6) is 5.75 Å². The van der Waals surface area contributed by atoms with E-state index in [-0.39, 0.29) is 11.8 Å². The van der Waals surface area contributed by atoms with Gasteiger partial charge in [-0.25, -0.2) is 0 Å². The van der Waals surface area contributed by atoms with Crippen molar-refractivity contribution in [1.82, 2.24) is 4.90 Å². The van der Waals surface area contributed by atoms with Gasteiger partial charge in [-0.15, -0.1) is 0 Å². The summed E-state index contributed by atoms with van der Waals surface area (Å²) in [6.07, 6.45) is 0. The molecule has 0 spiro atoms. The fourth-order valence-corrected chi connectivity index (χ4v) is 3.27. The van der Waals surface area contributed by atoms with E-state index < -0.39 is 6.04 Å². The summed E-state index contributed by atoms with van der Waals surface area (Å²) in [5.41, 5.74) is 1.13. The van der Waals surface area contributed by atoms with E-state index in [9.17, 15) is 9.59 Å². The maximum Gasteiger partial charge on any atom is 0.258 e. The molecule has 0 saturated carbocycles. The summed E-state index contributed by atoms with van der Waals surface area (Å²) in [7, 11) is 1.52. The maximum absolute atomic E-state index is 12.9. The van der Waals surface area contributed by atoms with Crippen LogP contribution in [0.2, 0.25) is 5.02 Å². The molecular formula is C19H19ClN2O3. The number of carbonyl (C=O) groups excluding carboxylic acids is 2. The van der Waals surface area contributed by atoms with Crippen LogP contribution in [0.4, 0.5) is 5.69 Å². The van der Waals surface area contributed by atoms with Crippen LogP contribution in [-0.2, 0) is 4.79 Å². The molecular weight excluding hydrogens is 340 g/mol. The zero-order chi connectivity index (χ0) is 18.0. The first-order chi connectivity index (χ1) is 12.0. The van der Waals surface area contributed by atoms with Crippen molar-refractivity contribution in [2.45, 2.75) is 13.0 Å². The minimum Gasteiger partial charge on any atom is -0.496 e. The lowest BCUT2D eigenvalue weighted by molar-refractivity contribution is -0.124. The second-order valence-corrected chi connectivity index (χ2v) is 6.22. The van der Waals surface area contributed by atoms with Gasteiger partial charge in [-0.1, -0.05) is 35.9 Å². The highest BCUT2D eigenvalue weighted by atomic mass is 35.5. The Morgan fingerprint density at radius 2 is 1.80 bits per heavy atom. The fraction of sp³-hybridized carbons (Fsp3) is 0.263. The molecule has 0 radical (unpaired) electrons. The second-order valence-electron chi connectivity index (χ2n) is 5.82. The SMILES string of the molecule is COc1ccccc1C(=O)N1CCN(c2ccccc2Cl)C(=O)C1C. The van der Waals surface area contributed by atoms with Gasteiger partial charge >= 0.3 is 0 Å². The van der Waals surface area contributed by atoms with E-state index in [4.69, 9.17) is 16.3 Å². The average molecular weight is 359 g/mol. The van der Waals surface area contributed by atoms with Gasteiger partial charge in [0.05, 0.1) is 23.4 Å². The Balaban J connectivity index is 1.85. The molecule has 1 heterocycles. The first-order valence-electron chi connectivity index (χ1n) is 8.04. The van der Waals surface area contributed by atoms with E-state index >= 15 is 0 Å². The van der Waals surface area contributed by atoms with Crippen molar-refractivity contribution in [3.8, 4) is 5.75 Å². The number of amides is 2. The summed E-state index contributed by atoms with van der Waals surface area (Å²) >= 11 is 6.21. The van der Waals surface area contributed by atoms with Gasteiger partial charge in [0.2, 0.25) is 5.91 Å². The average Bonchev–Trinajstić information content (AvgIpc) is 2.64. The topological polar surface area (TPSA) is 49.9 Å². The standard InChI is InChI=1S/C19H19ClN2O3/c1-13-18(23)22(16-9-5-4-8-15(16)20)12-11-21(13)19(24)14-7-3-6-10-17(14)25-2/h3-10,13H,11-12H2,1-2H3. The number of anilines is 1. The molecule has 130 valence electrons. The number of halogens is 1. The highest BCUT2D eigenvalue weighted by molar-refractivity contribution is 6.33. The highest BCUT2D eigenvalue weighted by Gasteiger charge is 2.36. The number of hydrogen-bond donors (Lipinski definition) is 0. The Bertz CT molecular complexity index is 809. The van der Waals surface area contributed by atoms with Crippen LogP contribution in [-0.4, -0.2) is 43.0 Å². The number of methoxy groups -OCH3 is 1. The molecule has 25 heavy (non-hydrogen) atoms. The summed E-state index contributed by atoms with van der Waals surface area (Å²) in [5.74, 6) is 0.139.